The lowest BCUT2D eigenvalue weighted by molar-refractivity contribution is 0.525. The van der Waals surface area contributed by atoms with E-state index in [1.807, 2.05) is 6.20 Å². The summed E-state index contributed by atoms with van der Waals surface area (Å²) in [6, 6.07) is 8.97. The molecule has 0 aliphatic heterocycles. The van der Waals surface area contributed by atoms with E-state index in [-0.39, 0.29) is 0 Å². The molecule has 0 fully saturated rings. The molecule has 1 unspecified atom stereocenters. The molecule has 2 rings (SSSR count). The largest absolute Gasteiger partial charge is 0.341 e. The Morgan fingerprint density at radius 2 is 2.22 bits per heavy atom. The van der Waals surface area contributed by atoms with Gasteiger partial charge in [-0.2, -0.15) is 0 Å². The third-order valence-corrected chi connectivity index (χ3v) is 3.19. The van der Waals surface area contributed by atoms with Crippen LogP contribution in [0.1, 0.15) is 31.7 Å². The number of H-pyrrole nitrogens is 1. The summed E-state index contributed by atoms with van der Waals surface area (Å²) in [6.45, 7) is 7.26. The van der Waals surface area contributed by atoms with Crippen molar-refractivity contribution in [3.63, 3.8) is 0 Å². The fourth-order valence-electron chi connectivity index (χ4n) is 1.83. The van der Waals surface area contributed by atoms with E-state index in [4.69, 9.17) is 0 Å². The molecule has 1 aromatic heterocycles. The van der Waals surface area contributed by atoms with Gasteiger partial charge in [-0.1, -0.05) is 30.7 Å². The number of aromatic amines is 1. The standard InChI is InChI=1S/C15H21N3/c1-4-12(3)16-10-15-17-9-14(18-15)13-7-5-6-11(2)8-13/h5-9,12,16H,4,10H2,1-3H3,(H,17,18). The molecule has 1 atom stereocenters. The Hall–Kier alpha value is -1.61. The van der Waals surface area contributed by atoms with Crippen LogP contribution in [0, 0.1) is 6.92 Å². The lowest BCUT2D eigenvalue weighted by Gasteiger charge is -2.08. The van der Waals surface area contributed by atoms with Gasteiger partial charge in [0.25, 0.3) is 0 Å². The first-order valence-corrected chi connectivity index (χ1v) is 6.53. The maximum absolute atomic E-state index is 4.41. The van der Waals surface area contributed by atoms with Gasteiger partial charge in [0.2, 0.25) is 0 Å². The summed E-state index contributed by atoms with van der Waals surface area (Å²) in [5.41, 5.74) is 3.54. The number of hydrogen-bond acceptors (Lipinski definition) is 2. The molecule has 3 nitrogen and oxygen atoms in total. The average molecular weight is 243 g/mol. The molecule has 2 N–H and O–H groups in total. The van der Waals surface area contributed by atoms with Gasteiger partial charge >= 0.3 is 0 Å². The summed E-state index contributed by atoms with van der Waals surface area (Å²) >= 11 is 0. The molecule has 0 spiro atoms. The van der Waals surface area contributed by atoms with Crippen molar-refractivity contribution in [1.82, 2.24) is 15.3 Å². The summed E-state index contributed by atoms with van der Waals surface area (Å²) < 4.78 is 0. The van der Waals surface area contributed by atoms with Gasteiger partial charge in [0.15, 0.2) is 0 Å². The lowest BCUT2D eigenvalue weighted by Crippen LogP contribution is -2.24. The number of rotatable bonds is 5. The zero-order chi connectivity index (χ0) is 13.0. The summed E-state index contributed by atoms with van der Waals surface area (Å²) in [7, 11) is 0. The summed E-state index contributed by atoms with van der Waals surface area (Å²) in [6.07, 6.45) is 3.04. The fraction of sp³-hybridized carbons (Fsp3) is 0.400. The Bertz CT molecular complexity index is 502. The van der Waals surface area contributed by atoms with Crippen molar-refractivity contribution in [2.24, 2.45) is 0 Å². The molecule has 18 heavy (non-hydrogen) atoms. The number of aromatic nitrogens is 2. The van der Waals surface area contributed by atoms with Crippen LogP contribution in [0.5, 0.6) is 0 Å². The van der Waals surface area contributed by atoms with Crippen molar-refractivity contribution in [2.45, 2.75) is 39.8 Å². The molecular formula is C15H21N3. The molecule has 0 saturated carbocycles. The van der Waals surface area contributed by atoms with Crippen molar-refractivity contribution in [1.29, 1.82) is 0 Å². The highest BCUT2D eigenvalue weighted by Crippen LogP contribution is 2.18. The molecule has 96 valence electrons. The van der Waals surface area contributed by atoms with Gasteiger partial charge in [-0.3, -0.25) is 0 Å². The zero-order valence-corrected chi connectivity index (χ0v) is 11.3. The SMILES string of the molecule is CCC(C)NCc1ncc(-c2cccc(C)c2)[nH]1. The van der Waals surface area contributed by atoms with Crippen LogP contribution >= 0.6 is 0 Å². The molecule has 1 heterocycles. The second kappa shape index (κ2) is 5.83. The van der Waals surface area contributed by atoms with Gasteiger partial charge in [-0.15, -0.1) is 0 Å². The average Bonchev–Trinajstić information content (AvgIpc) is 2.84. The topological polar surface area (TPSA) is 40.7 Å². The number of imidazole rings is 1. The number of hydrogen-bond donors (Lipinski definition) is 2. The minimum atomic E-state index is 0.525. The van der Waals surface area contributed by atoms with E-state index in [1.54, 1.807) is 0 Å². The van der Waals surface area contributed by atoms with E-state index in [0.29, 0.717) is 6.04 Å². The first kappa shape index (κ1) is 12.8. The van der Waals surface area contributed by atoms with Crippen LogP contribution in [0.2, 0.25) is 0 Å². The van der Waals surface area contributed by atoms with Gasteiger partial charge in [0.1, 0.15) is 5.82 Å². The number of nitrogens with zero attached hydrogens (tertiary/aromatic N) is 1. The summed E-state index contributed by atoms with van der Waals surface area (Å²) in [5.74, 6) is 0.992. The van der Waals surface area contributed by atoms with E-state index in [0.717, 1.165) is 24.5 Å². The Kier molecular flexibility index (Phi) is 4.15. The highest BCUT2D eigenvalue weighted by Gasteiger charge is 2.04. The van der Waals surface area contributed by atoms with Crippen molar-refractivity contribution in [2.75, 3.05) is 0 Å². The van der Waals surface area contributed by atoms with E-state index in [2.05, 4.69) is 60.3 Å². The quantitative estimate of drug-likeness (QED) is 0.846. The van der Waals surface area contributed by atoms with Gasteiger partial charge < -0.3 is 10.3 Å². The van der Waals surface area contributed by atoms with Crippen LogP contribution in [0.4, 0.5) is 0 Å². The summed E-state index contributed by atoms with van der Waals surface area (Å²) in [5, 5.41) is 3.43. The maximum Gasteiger partial charge on any atom is 0.120 e. The number of aryl methyl sites for hydroxylation is 1. The Morgan fingerprint density at radius 3 is 2.94 bits per heavy atom. The van der Waals surface area contributed by atoms with Crippen molar-refractivity contribution in [3.8, 4) is 11.3 Å². The van der Waals surface area contributed by atoms with Crippen LogP contribution < -0.4 is 5.32 Å². The molecule has 0 bridgehead atoms. The third kappa shape index (κ3) is 3.20. The van der Waals surface area contributed by atoms with Gasteiger partial charge in [-0.05, 0) is 31.9 Å². The lowest BCUT2D eigenvalue weighted by atomic mass is 10.1. The van der Waals surface area contributed by atoms with Gasteiger partial charge in [0, 0.05) is 6.04 Å². The maximum atomic E-state index is 4.41. The van der Waals surface area contributed by atoms with E-state index >= 15 is 0 Å². The normalized spacial score (nSPS) is 12.6. The minimum absolute atomic E-state index is 0.525. The second-order valence-corrected chi connectivity index (χ2v) is 4.80. The molecule has 3 heteroatoms. The van der Waals surface area contributed by atoms with E-state index in [1.165, 1.54) is 11.1 Å². The van der Waals surface area contributed by atoms with Crippen LogP contribution in [-0.4, -0.2) is 16.0 Å². The Balaban J connectivity index is 2.06. The van der Waals surface area contributed by atoms with E-state index < -0.39 is 0 Å². The first-order valence-electron chi connectivity index (χ1n) is 6.53. The Labute approximate surface area is 109 Å². The van der Waals surface area contributed by atoms with Gasteiger partial charge in [0.05, 0.1) is 18.4 Å². The second-order valence-electron chi connectivity index (χ2n) is 4.80. The molecule has 0 aliphatic rings. The predicted molar refractivity (Wildman–Crippen MR) is 75.4 cm³/mol. The van der Waals surface area contributed by atoms with Gasteiger partial charge in [-0.25, -0.2) is 4.98 Å². The number of nitrogens with one attached hydrogen (secondary N) is 2. The first-order chi connectivity index (χ1) is 8.69. The monoisotopic (exact) mass is 243 g/mol. The molecule has 2 aromatic rings. The highest BCUT2D eigenvalue weighted by atomic mass is 15.0. The minimum Gasteiger partial charge on any atom is -0.341 e. The molecule has 0 saturated heterocycles. The zero-order valence-electron chi connectivity index (χ0n) is 11.3. The van der Waals surface area contributed by atoms with E-state index in [9.17, 15) is 0 Å². The van der Waals surface area contributed by atoms with Crippen LogP contribution in [-0.2, 0) is 6.54 Å². The smallest absolute Gasteiger partial charge is 0.120 e. The third-order valence-electron chi connectivity index (χ3n) is 3.19. The van der Waals surface area contributed by atoms with Crippen LogP contribution in [0.25, 0.3) is 11.3 Å². The van der Waals surface area contributed by atoms with Crippen molar-refractivity contribution >= 4 is 0 Å². The molecule has 1 aromatic carbocycles. The van der Waals surface area contributed by atoms with Crippen molar-refractivity contribution < 1.29 is 0 Å². The Morgan fingerprint density at radius 1 is 1.39 bits per heavy atom. The fourth-order valence-corrected chi connectivity index (χ4v) is 1.83. The van der Waals surface area contributed by atoms with Crippen LogP contribution in [0.15, 0.2) is 30.5 Å². The van der Waals surface area contributed by atoms with Crippen molar-refractivity contribution in [3.05, 3.63) is 41.9 Å². The number of benzene rings is 1. The van der Waals surface area contributed by atoms with Crippen LogP contribution in [0.3, 0.4) is 0 Å². The molecular weight excluding hydrogens is 222 g/mol. The summed E-state index contributed by atoms with van der Waals surface area (Å²) in [4.78, 5) is 7.77. The molecule has 0 amide bonds. The molecule has 0 radical (unpaired) electrons. The predicted octanol–water partition coefficient (Wildman–Crippen LogP) is 3.27. The molecule has 0 aliphatic carbocycles. The highest BCUT2D eigenvalue weighted by molar-refractivity contribution is 5.59.